The summed E-state index contributed by atoms with van der Waals surface area (Å²) in [6.07, 6.45) is 0.738. The van der Waals surface area contributed by atoms with Gasteiger partial charge in [-0.25, -0.2) is 0 Å². The SMILES string of the molecule is CCOC(CC)c1noc([C@@H](C)N)n1. The van der Waals surface area contributed by atoms with Crippen LogP contribution in [0, 0.1) is 0 Å². The second-order valence-electron chi connectivity index (χ2n) is 3.13. The molecule has 80 valence electrons. The lowest BCUT2D eigenvalue weighted by molar-refractivity contribution is 0.0518. The minimum absolute atomic E-state index is 0.0868. The van der Waals surface area contributed by atoms with Crippen LogP contribution in [-0.2, 0) is 4.74 Å². The Kier molecular flexibility index (Phi) is 4.03. The van der Waals surface area contributed by atoms with E-state index in [1.165, 1.54) is 0 Å². The molecule has 0 aliphatic rings. The standard InChI is InChI=1S/C9H17N3O2/c1-4-7(13-5-2)8-11-9(6(3)10)14-12-8/h6-7H,4-5,10H2,1-3H3/t6-,7?/m1/s1. The highest BCUT2D eigenvalue weighted by Gasteiger charge is 2.17. The Hall–Kier alpha value is -0.940. The van der Waals surface area contributed by atoms with E-state index in [9.17, 15) is 0 Å². The van der Waals surface area contributed by atoms with Crippen LogP contribution in [0.4, 0.5) is 0 Å². The van der Waals surface area contributed by atoms with Gasteiger partial charge in [-0.15, -0.1) is 0 Å². The zero-order valence-corrected chi connectivity index (χ0v) is 8.86. The Labute approximate surface area is 83.6 Å². The molecule has 0 bridgehead atoms. The molecule has 0 saturated carbocycles. The molecule has 0 spiro atoms. The first-order valence-corrected chi connectivity index (χ1v) is 4.89. The van der Waals surface area contributed by atoms with Crippen LogP contribution in [0.15, 0.2) is 4.52 Å². The minimum atomic E-state index is -0.226. The van der Waals surface area contributed by atoms with Crippen LogP contribution in [0.25, 0.3) is 0 Å². The normalized spacial score (nSPS) is 15.4. The molecule has 0 saturated heterocycles. The van der Waals surface area contributed by atoms with Crippen molar-refractivity contribution in [1.82, 2.24) is 10.1 Å². The molecular weight excluding hydrogens is 182 g/mol. The van der Waals surface area contributed by atoms with Crippen molar-refractivity contribution in [3.63, 3.8) is 0 Å². The monoisotopic (exact) mass is 199 g/mol. The molecule has 1 unspecified atom stereocenters. The van der Waals surface area contributed by atoms with Crippen molar-refractivity contribution in [2.45, 2.75) is 39.3 Å². The van der Waals surface area contributed by atoms with Gasteiger partial charge in [0.05, 0.1) is 6.04 Å². The van der Waals surface area contributed by atoms with Crippen LogP contribution in [0.2, 0.25) is 0 Å². The Bertz CT molecular complexity index is 273. The van der Waals surface area contributed by atoms with Crippen LogP contribution in [0.1, 0.15) is 51.1 Å². The van der Waals surface area contributed by atoms with Crippen molar-refractivity contribution < 1.29 is 9.26 Å². The summed E-state index contributed by atoms with van der Waals surface area (Å²) in [5.41, 5.74) is 5.61. The minimum Gasteiger partial charge on any atom is -0.370 e. The Morgan fingerprint density at radius 3 is 2.64 bits per heavy atom. The summed E-state index contributed by atoms with van der Waals surface area (Å²) in [5, 5.41) is 3.84. The fourth-order valence-corrected chi connectivity index (χ4v) is 1.14. The van der Waals surface area contributed by atoms with Gasteiger partial charge in [-0.05, 0) is 20.3 Å². The molecule has 2 N–H and O–H groups in total. The third-order valence-electron chi connectivity index (χ3n) is 1.87. The van der Waals surface area contributed by atoms with E-state index in [1.807, 2.05) is 13.8 Å². The summed E-state index contributed by atoms with van der Waals surface area (Å²) < 4.78 is 10.4. The summed E-state index contributed by atoms with van der Waals surface area (Å²) in [6.45, 7) is 6.40. The summed E-state index contributed by atoms with van der Waals surface area (Å²) >= 11 is 0. The first-order valence-electron chi connectivity index (χ1n) is 4.89. The molecule has 0 radical (unpaired) electrons. The number of nitrogens with zero attached hydrogens (tertiary/aromatic N) is 2. The highest BCUT2D eigenvalue weighted by atomic mass is 16.5. The smallest absolute Gasteiger partial charge is 0.243 e. The van der Waals surface area contributed by atoms with E-state index in [0.717, 1.165) is 6.42 Å². The molecule has 5 heteroatoms. The van der Waals surface area contributed by atoms with Crippen LogP contribution in [-0.4, -0.2) is 16.7 Å². The van der Waals surface area contributed by atoms with Gasteiger partial charge in [0.25, 0.3) is 0 Å². The van der Waals surface area contributed by atoms with Crippen molar-refractivity contribution in [2.75, 3.05) is 6.61 Å². The largest absolute Gasteiger partial charge is 0.370 e. The van der Waals surface area contributed by atoms with E-state index in [1.54, 1.807) is 6.92 Å². The molecule has 14 heavy (non-hydrogen) atoms. The molecule has 0 aromatic carbocycles. The zero-order chi connectivity index (χ0) is 10.6. The van der Waals surface area contributed by atoms with Crippen LogP contribution < -0.4 is 5.73 Å². The second-order valence-corrected chi connectivity index (χ2v) is 3.13. The molecule has 1 heterocycles. The van der Waals surface area contributed by atoms with Gasteiger partial charge in [0.2, 0.25) is 11.7 Å². The van der Waals surface area contributed by atoms with Gasteiger partial charge in [-0.3, -0.25) is 0 Å². The highest BCUT2D eigenvalue weighted by Crippen LogP contribution is 2.18. The lowest BCUT2D eigenvalue weighted by atomic mass is 10.2. The number of ether oxygens (including phenoxy) is 1. The van der Waals surface area contributed by atoms with E-state index in [-0.39, 0.29) is 12.1 Å². The number of hydrogen-bond acceptors (Lipinski definition) is 5. The van der Waals surface area contributed by atoms with Crippen molar-refractivity contribution in [2.24, 2.45) is 5.73 Å². The van der Waals surface area contributed by atoms with E-state index >= 15 is 0 Å². The molecule has 2 atom stereocenters. The first kappa shape index (κ1) is 11.1. The highest BCUT2D eigenvalue weighted by molar-refractivity contribution is 4.93. The third-order valence-corrected chi connectivity index (χ3v) is 1.87. The molecule has 1 aromatic heterocycles. The molecule has 0 amide bonds. The van der Waals surface area contributed by atoms with E-state index in [2.05, 4.69) is 10.1 Å². The summed E-state index contributed by atoms with van der Waals surface area (Å²) in [5.74, 6) is 1.04. The molecule has 1 aromatic rings. The van der Waals surface area contributed by atoms with Crippen molar-refractivity contribution in [1.29, 1.82) is 0 Å². The van der Waals surface area contributed by atoms with Gasteiger partial charge < -0.3 is 15.0 Å². The molecule has 5 nitrogen and oxygen atoms in total. The Morgan fingerprint density at radius 2 is 2.21 bits per heavy atom. The maximum absolute atomic E-state index is 5.61. The molecule has 0 aliphatic heterocycles. The molecule has 0 fully saturated rings. The van der Waals surface area contributed by atoms with Crippen LogP contribution >= 0.6 is 0 Å². The molecule has 1 rings (SSSR count). The maximum atomic E-state index is 5.61. The van der Waals surface area contributed by atoms with Crippen molar-refractivity contribution >= 4 is 0 Å². The van der Waals surface area contributed by atoms with Gasteiger partial charge in [0.15, 0.2) is 0 Å². The lowest BCUT2D eigenvalue weighted by Gasteiger charge is -2.09. The number of aromatic nitrogens is 2. The number of nitrogens with two attached hydrogens (primary N) is 1. The van der Waals surface area contributed by atoms with Crippen molar-refractivity contribution in [3.8, 4) is 0 Å². The number of hydrogen-bond donors (Lipinski definition) is 1. The van der Waals surface area contributed by atoms with Crippen LogP contribution in [0.3, 0.4) is 0 Å². The Balaban J connectivity index is 2.73. The third kappa shape index (κ3) is 2.52. The maximum Gasteiger partial charge on any atom is 0.243 e. The molecule has 0 aliphatic carbocycles. The predicted molar refractivity (Wildman–Crippen MR) is 51.6 cm³/mol. The topological polar surface area (TPSA) is 74.2 Å². The van der Waals surface area contributed by atoms with E-state index in [4.69, 9.17) is 15.0 Å². The summed E-state index contributed by atoms with van der Waals surface area (Å²) in [4.78, 5) is 4.17. The molecular formula is C9H17N3O2. The summed E-state index contributed by atoms with van der Waals surface area (Å²) in [6, 6.07) is -0.226. The van der Waals surface area contributed by atoms with Gasteiger partial charge >= 0.3 is 0 Å². The van der Waals surface area contributed by atoms with E-state index in [0.29, 0.717) is 18.3 Å². The van der Waals surface area contributed by atoms with Gasteiger partial charge in [0, 0.05) is 6.61 Å². The first-order chi connectivity index (χ1) is 6.69. The fourth-order valence-electron chi connectivity index (χ4n) is 1.14. The fraction of sp³-hybridized carbons (Fsp3) is 0.778. The predicted octanol–water partition coefficient (Wildman–Crippen LogP) is 1.58. The van der Waals surface area contributed by atoms with Crippen LogP contribution in [0.5, 0.6) is 0 Å². The van der Waals surface area contributed by atoms with Gasteiger partial charge in [-0.1, -0.05) is 12.1 Å². The lowest BCUT2D eigenvalue weighted by Crippen LogP contribution is -2.07. The second kappa shape index (κ2) is 5.07. The zero-order valence-electron chi connectivity index (χ0n) is 8.86. The Morgan fingerprint density at radius 1 is 1.50 bits per heavy atom. The number of rotatable bonds is 5. The van der Waals surface area contributed by atoms with E-state index < -0.39 is 0 Å². The van der Waals surface area contributed by atoms with Gasteiger partial charge in [-0.2, -0.15) is 4.98 Å². The summed E-state index contributed by atoms with van der Waals surface area (Å²) in [7, 11) is 0. The average Bonchev–Trinajstić information content (AvgIpc) is 2.63. The van der Waals surface area contributed by atoms with Gasteiger partial charge in [0.1, 0.15) is 6.10 Å². The van der Waals surface area contributed by atoms with Crippen molar-refractivity contribution in [3.05, 3.63) is 11.7 Å². The quantitative estimate of drug-likeness (QED) is 0.779. The average molecular weight is 199 g/mol.